The first-order valence-corrected chi connectivity index (χ1v) is 7.47. The third-order valence-corrected chi connectivity index (χ3v) is 3.82. The molecule has 2 N–H and O–H groups in total. The molecule has 21 heavy (non-hydrogen) atoms. The zero-order valence-corrected chi connectivity index (χ0v) is 13.1. The highest BCUT2D eigenvalue weighted by molar-refractivity contribution is 9.10. The van der Waals surface area contributed by atoms with E-state index < -0.39 is 0 Å². The lowest BCUT2D eigenvalue weighted by Gasteiger charge is -1.96. The van der Waals surface area contributed by atoms with Crippen molar-refractivity contribution in [1.29, 1.82) is 0 Å². The van der Waals surface area contributed by atoms with E-state index in [0.717, 1.165) is 27.5 Å². The molecule has 0 amide bonds. The number of aromatic nitrogens is 1. The maximum absolute atomic E-state index is 9.96. The van der Waals surface area contributed by atoms with Crippen LogP contribution in [0.25, 0.3) is 10.9 Å². The first-order chi connectivity index (χ1) is 10.2. The number of nitrogens with one attached hydrogen (secondary N) is 1. The van der Waals surface area contributed by atoms with Gasteiger partial charge in [0.1, 0.15) is 0 Å². The monoisotopic (exact) mass is 343 g/mol. The van der Waals surface area contributed by atoms with Crippen LogP contribution in [0.1, 0.15) is 12.5 Å². The molecule has 5 heteroatoms. The number of fused-ring (bicyclic) bond motifs is 1. The molecule has 3 aromatic rings. The van der Waals surface area contributed by atoms with Gasteiger partial charge in [-0.25, -0.2) is 0 Å². The van der Waals surface area contributed by atoms with Crippen LogP contribution in [0, 0.1) is 0 Å². The molecule has 0 spiro atoms. The lowest BCUT2D eigenvalue weighted by Crippen LogP contribution is -1.75. The highest BCUT2D eigenvalue weighted by Gasteiger charge is 2.10. The first-order valence-electron chi connectivity index (χ1n) is 6.68. The minimum absolute atomic E-state index is 0.0250. The molecule has 3 rings (SSSR count). The number of aromatic amines is 1. The van der Waals surface area contributed by atoms with Gasteiger partial charge in [-0.05, 0) is 42.3 Å². The van der Waals surface area contributed by atoms with Crippen molar-refractivity contribution in [3.05, 3.63) is 52.5 Å². The van der Waals surface area contributed by atoms with Crippen LogP contribution in [0.5, 0.6) is 5.88 Å². The number of azo groups is 1. The zero-order chi connectivity index (χ0) is 14.8. The van der Waals surface area contributed by atoms with Crippen LogP contribution in [0.4, 0.5) is 11.4 Å². The second-order valence-electron chi connectivity index (χ2n) is 4.73. The third kappa shape index (κ3) is 2.83. The van der Waals surface area contributed by atoms with E-state index in [1.54, 1.807) is 0 Å². The maximum Gasteiger partial charge on any atom is 0.218 e. The van der Waals surface area contributed by atoms with Gasteiger partial charge in [-0.1, -0.05) is 35.0 Å². The fraction of sp³-hybridized carbons (Fsp3) is 0.125. The topological polar surface area (TPSA) is 60.7 Å². The normalized spacial score (nSPS) is 11.5. The van der Waals surface area contributed by atoms with E-state index in [1.807, 2.05) is 42.5 Å². The van der Waals surface area contributed by atoms with Crippen molar-refractivity contribution in [2.24, 2.45) is 10.2 Å². The molecule has 0 aliphatic heterocycles. The summed E-state index contributed by atoms with van der Waals surface area (Å²) in [5.74, 6) is 0.0250. The van der Waals surface area contributed by atoms with E-state index in [0.29, 0.717) is 5.69 Å². The van der Waals surface area contributed by atoms with Gasteiger partial charge in [0.15, 0.2) is 5.69 Å². The Kier molecular flexibility index (Phi) is 3.75. The Morgan fingerprint density at radius 3 is 2.57 bits per heavy atom. The number of halogens is 1. The van der Waals surface area contributed by atoms with Gasteiger partial charge in [-0.3, -0.25) is 0 Å². The number of hydrogen-bond acceptors (Lipinski definition) is 3. The van der Waals surface area contributed by atoms with Crippen molar-refractivity contribution in [3.63, 3.8) is 0 Å². The first kappa shape index (κ1) is 13.8. The van der Waals surface area contributed by atoms with Crippen LogP contribution in [-0.4, -0.2) is 10.1 Å². The fourth-order valence-electron chi connectivity index (χ4n) is 2.14. The van der Waals surface area contributed by atoms with Crippen molar-refractivity contribution in [2.45, 2.75) is 13.3 Å². The summed E-state index contributed by atoms with van der Waals surface area (Å²) in [5, 5.41) is 19.2. The second kappa shape index (κ2) is 5.69. The SMILES string of the molecule is CCc1ccc(N=Nc2c(O)[nH]c3ccc(Br)cc23)cc1. The number of rotatable bonds is 3. The molecule has 0 fully saturated rings. The van der Waals surface area contributed by atoms with Crippen molar-refractivity contribution in [3.8, 4) is 5.88 Å². The van der Waals surface area contributed by atoms with Crippen molar-refractivity contribution >= 4 is 38.2 Å². The number of H-pyrrole nitrogens is 1. The van der Waals surface area contributed by atoms with Gasteiger partial charge in [0.05, 0.1) is 11.2 Å². The largest absolute Gasteiger partial charge is 0.493 e. The van der Waals surface area contributed by atoms with Crippen LogP contribution in [0.15, 0.2) is 57.2 Å². The Bertz CT molecular complexity index is 806. The van der Waals surface area contributed by atoms with Crippen molar-refractivity contribution < 1.29 is 5.11 Å². The summed E-state index contributed by atoms with van der Waals surface area (Å²) in [7, 11) is 0. The number of aromatic hydroxyl groups is 1. The number of aryl methyl sites for hydroxylation is 1. The van der Waals surface area contributed by atoms with Gasteiger partial charge in [0.25, 0.3) is 0 Å². The molecule has 0 aliphatic carbocycles. The Balaban J connectivity index is 1.98. The molecule has 0 atom stereocenters. The Morgan fingerprint density at radius 1 is 1.10 bits per heavy atom. The van der Waals surface area contributed by atoms with Gasteiger partial charge in [0, 0.05) is 9.86 Å². The molecule has 106 valence electrons. The molecular weight excluding hydrogens is 330 g/mol. The standard InChI is InChI=1S/C16H14BrN3O/c1-2-10-3-6-12(7-4-10)19-20-15-13-9-11(17)5-8-14(13)18-16(15)21/h3-9,18,21H,2H2,1H3. The van der Waals surface area contributed by atoms with Gasteiger partial charge in [-0.15, -0.1) is 5.11 Å². The van der Waals surface area contributed by atoms with Gasteiger partial charge >= 0.3 is 0 Å². The lowest BCUT2D eigenvalue weighted by molar-refractivity contribution is 0.459. The molecule has 0 unspecified atom stereocenters. The van der Waals surface area contributed by atoms with Crippen LogP contribution in [-0.2, 0) is 6.42 Å². The molecule has 1 aromatic heterocycles. The zero-order valence-electron chi connectivity index (χ0n) is 11.5. The predicted octanol–water partition coefficient (Wildman–Crippen LogP) is 5.61. The molecule has 2 aromatic carbocycles. The molecular formula is C16H14BrN3O. The number of benzene rings is 2. The van der Waals surface area contributed by atoms with Gasteiger partial charge < -0.3 is 10.1 Å². The maximum atomic E-state index is 9.96. The summed E-state index contributed by atoms with van der Waals surface area (Å²) in [6, 6.07) is 13.6. The molecule has 4 nitrogen and oxygen atoms in total. The highest BCUT2D eigenvalue weighted by atomic mass is 79.9. The lowest BCUT2D eigenvalue weighted by atomic mass is 10.2. The van der Waals surface area contributed by atoms with E-state index in [9.17, 15) is 5.11 Å². The Labute approximate surface area is 130 Å². The molecule has 0 bridgehead atoms. The summed E-state index contributed by atoms with van der Waals surface area (Å²) in [6.45, 7) is 2.11. The molecule has 0 radical (unpaired) electrons. The van der Waals surface area contributed by atoms with E-state index in [-0.39, 0.29) is 5.88 Å². The summed E-state index contributed by atoms with van der Waals surface area (Å²) in [4.78, 5) is 2.89. The summed E-state index contributed by atoms with van der Waals surface area (Å²) in [6.07, 6.45) is 0.995. The summed E-state index contributed by atoms with van der Waals surface area (Å²) in [5.41, 5.74) is 3.29. The molecule has 0 saturated heterocycles. The van der Waals surface area contributed by atoms with E-state index in [1.165, 1.54) is 5.56 Å². The Hall–Kier alpha value is -2.14. The third-order valence-electron chi connectivity index (χ3n) is 3.32. The highest BCUT2D eigenvalue weighted by Crippen LogP contribution is 2.37. The van der Waals surface area contributed by atoms with Crippen LogP contribution in [0.2, 0.25) is 0 Å². The minimum Gasteiger partial charge on any atom is -0.493 e. The quantitative estimate of drug-likeness (QED) is 0.596. The number of hydrogen-bond donors (Lipinski definition) is 2. The van der Waals surface area contributed by atoms with Crippen LogP contribution >= 0.6 is 15.9 Å². The average Bonchev–Trinajstić information content (AvgIpc) is 2.80. The molecule has 0 saturated carbocycles. The fourth-order valence-corrected chi connectivity index (χ4v) is 2.50. The van der Waals surface area contributed by atoms with E-state index in [2.05, 4.69) is 38.1 Å². The smallest absolute Gasteiger partial charge is 0.218 e. The second-order valence-corrected chi connectivity index (χ2v) is 5.65. The van der Waals surface area contributed by atoms with Crippen molar-refractivity contribution in [1.82, 2.24) is 4.98 Å². The van der Waals surface area contributed by atoms with E-state index in [4.69, 9.17) is 0 Å². The van der Waals surface area contributed by atoms with Crippen molar-refractivity contribution in [2.75, 3.05) is 0 Å². The molecule has 0 aliphatic rings. The average molecular weight is 344 g/mol. The molecule has 1 heterocycles. The summed E-state index contributed by atoms with van der Waals surface area (Å²) < 4.78 is 0.928. The van der Waals surface area contributed by atoms with E-state index >= 15 is 0 Å². The predicted molar refractivity (Wildman–Crippen MR) is 87.7 cm³/mol. The van der Waals surface area contributed by atoms with Crippen LogP contribution in [0.3, 0.4) is 0 Å². The van der Waals surface area contributed by atoms with Gasteiger partial charge in [-0.2, -0.15) is 5.11 Å². The number of nitrogens with zero attached hydrogens (tertiary/aromatic N) is 2. The van der Waals surface area contributed by atoms with Crippen LogP contribution < -0.4 is 0 Å². The minimum atomic E-state index is 0.0250. The van der Waals surface area contributed by atoms with Gasteiger partial charge in [0.2, 0.25) is 5.88 Å². The Morgan fingerprint density at radius 2 is 1.86 bits per heavy atom. The summed E-state index contributed by atoms with van der Waals surface area (Å²) >= 11 is 3.42.